The van der Waals surface area contributed by atoms with E-state index in [1.54, 1.807) is 0 Å². The van der Waals surface area contributed by atoms with Crippen molar-refractivity contribution in [1.82, 2.24) is 15.1 Å². The molecule has 2 aromatic rings. The van der Waals surface area contributed by atoms with E-state index in [4.69, 9.17) is 4.74 Å². The average molecular weight is 299 g/mol. The smallest absolute Gasteiger partial charge is 0.222 e. The molecule has 1 N–H and O–H groups in total. The summed E-state index contributed by atoms with van der Waals surface area (Å²) in [6.45, 7) is 5.10. The summed E-state index contributed by atoms with van der Waals surface area (Å²) in [7, 11) is 0. The predicted octanol–water partition coefficient (Wildman–Crippen LogP) is 2.01. The summed E-state index contributed by atoms with van der Waals surface area (Å²) >= 11 is 0. The fourth-order valence-electron chi connectivity index (χ4n) is 2.83. The predicted molar refractivity (Wildman–Crippen MR) is 83.9 cm³/mol. The SMILES string of the molecule is Cc1cc(C)n(CCC(=O)NC2COc3ccccc3C2)n1. The maximum atomic E-state index is 12.1. The van der Waals surface area contributed by atoms with Gasteiger partial charge in [-0.1, -0.05) is 18.2 Å². The van der Waals surface area contributed by atoms with Gasteiger partial charge in [0.15, 0.2) is 0 Å². The van der Waals surface area contributed by atoms with Crippen LogP contribution in [0.2, 0.25) is 0 Å². The number of nitrogens with zero attached hydrogens (tertiary/aromatic N) is 2. The summed E-state index contributed by atoms with van der Waals surface area (Å²) in [5.41, 5.74) is 3.22. The van der Waals surface area contributed by atoms with E-state index >= 15 is 0 Å². The highest BCUT2D eigenvalue weighted by molar-refractivity contribution is 5.76. The van der Waals surface area contributed by atoms with Crippen LogP contribution in [-0.4, -0.2) is 28.3 Å². The molecule has 1 aliphatic rings. The second kappa shape index (κ2) is 6.22. The first kappa shape index (κ1) is 14.6. The van der Waals surface area contributed by atoms with E-state index in [0.29, 0.717) is 19.6 Å². The normalized spacial score (nSPS) is 16.7. The number of aryl methyl sites for hydroxylation is 3. The molecular formula is C17H21N3O2. The highest BCUT2D eigenvalue weighted by atomic mass is 16.5. The van der Waals surface area contributed by atoms with Crippen molar-refractivity contribution in [2.75, 3.05) is 6.61 Å². The maximum Gasteiger partial charge on any atom is 0.222 e. The molecule has 2 heterocycles. The Morgan fingerprint density at radius 3 is 3.00 bits per heavy atom. The van der Waals surface area contributed by atoms with Crippen LogP contribution in [-0.2, 0) is 17.8 Å². The minimum absolute atomic E-state index is 0.0422. The van der Waals surface area contributed by atoms with Crippen molar-refractivity contribution in [2.24, 2.45) is 0 Å². The zero-order valence-electron chi connectivity index (χ0n) is 13.0. The molecule has 1 unspecified atom stereocenters. The van der Waals surface area contributed by atoms with Gasteiger partial charge in [0.2, 0.25) is 5.91 Å². The first-order valence-electron chi connectivity index (χ1n) is 7.63. The van der Waals surface area contributed by atoms with E-state index in [1.165, 1.54) is 0 Å². The van der Waals surface area contributed by atoms with E-state index in [0.717, 1.165) is 29.1 Å². The molecule has 1 aromatic heterocycles. The molecule has 0 saturated carbocycles. The number of ether oxygens (including phenoxy) is 1. The van der Waals surface area contributed by atoms with E-state index in [9.17, 15) is 4.79 Å². The van der Waals surface area contributed by atoms with Gasteiger partial charge in [-0.05, 0) is 38.0 Å². The van der Waals surface area contributed by atoms with Crippen LogP contribution >= 0.6 is 0 Å². The Balaban J connectivity index is 1.51. The van der Waals surface area contributed by atoms with Crippen LogP contribution in [0.1, 0.15) is 23.4 Å². The molecule has 1 aliphatic heterocycles. The molecule has 0 bridgehead atoms. The van der Waals surface area contributed by atoms with Crippen LogP contribution in [0.4, 0.5) is 0 Å². The quantitative estimate of drug-likeness (QED) is 0.939. The number of amides is 1. The monoisotopic (exact) mass is 299 g/mol. The van der Waals surface area contributed by atoms with Gasteiger partial charge >= 0.3 is 0 Å². The van der Waals surface area contributed by atoms with E-state index in [1.807, 2.05) is 48.9 Å². The zero-order chi connectivity index (χ0) is 15.5. The number of para-hydroxylation sites is 1. The molecule has 1 aromatic carbocycles. The van der Waals surface area contributed by atoms with Crippen molar-refractivity contribution in [2.45, 2.75) is 39.3 Å². The van der Waals surface area contributed by atoms with Gasteiger partial charge in [0.25, 0.3) is 0 Å². The highest BCUT2D eigenvalue weighted by Crippen LogP contribution is 2.23. The summed E-state index contributed by atoms with van der Waals surface area (Å²) < 4.78 is 7.57. The fourth-order valence-corrected chi connectivity index (χ4v) is 2.83. The second-order valence-electron chi connectivity index (χ2n) is 5.79. The Morgan fingerprint density at radius 1 is 1.41 bits per heavy atom. The van der Waals surface area contributed by atoms with Gasteiger partial charge < -0.3 is 10.1 Å². The number of nitrogens with one attached hydrogen (secondary N) is 1. The van der Waals surface area contributed by atoms with Crippen LogP contribution in [0.25, 0.3) is 0 Å². The third kappa shape index (κ3) is 3.30. The van der Waals surface area contributed by atoms with E-state index in [-0.39, 0.29) is 11.9 Å². The number of hydrogen-bond donors (Lipinski definition) is 1. The molecule has 1 amide bonds. The summed E-state index contributed by atoms with van der Waals surface area (Å²) in [5, 5.41) is 7.42. The number of benzene rings is 1. The van der Waals surface area contributed by atoms with Gasteiger partial charge in [0.1, 0.15) is 12.4 Å². The average Bonchev–Trinajstić information content (AvgIpc) is 2.83. The van der Waals surface area contributed by atoms with Crippen LogP contribution in [0, 0.1) is 13.8 Å². The number of rotatable bonds is 4. The summed E-state index contributed by atoms with van der Waals surface area (Å²) in [4.78, 5) is 12.1. The van der Waals surface area contributed by atoms with Gasteiger partial charge in [-0.2, -0.15) is 5.10 Å². The molecule has 0 saturated heterocycles. The number of hydrogen-bond acceptors (Lipinski definition) is 3. The standard InChI is InChI=1S/C17H21N3O2/c1-12-9-13(2)20(19-12)8-7-17(21)18-15-10-14-5-3-4-6-16(14)22-11-15/h3-6,9,15H,7-8,10-11H2,1-2H3,(H,18,21). The Morgan fingerprint density at radius 2 is 2.23 bits per heavy atom. The van der Waals surface area contributed by atoms with Gasteiger partial charge in [0.05, 0.1) is 11.7 Å². The first-order chi connectivity index (χ1) is 10.6. The topological polar surface area (TPSA) is 56.2 Å². The summed E-state index contributed by atoms with van der Waals surface area (Å²) in [6.07, 6.45) is 1.25. The molecule has 5 nitrogen and oxygen atoms in total. The van der Waals surface area contributed by atoms with Crippen LogP contribution in [0.3, 0.4) is 0 Å². The lowest BCUT2D eigenvalue weighted by Gasteiger charge is -2.26. The lowest BCUT2D eigenvalue weighted by molar-refractivity contribution is -0.122. The molecule has 22 heavy (non-hydrogen) atoms. The number of carbonyl (C=O) groups is 1. The van der Waals surface area contributed by atoms with Crippen molar-refractivity contribution < 1.29 is 9.53 Å². The lowest BCUT2D eigenvalue weighted by atomic mass is 10.0. The minimum atomic E-state index is 0.0422. The van der Waals surface area contributed by atoms with Crippen molar-refractivity contribution in [3.05, 3.63) is 47.3 Å². The van der Waals surface area contributed by atoms with Crippen molar-refractivity contribution >= 4 is 5.91 Å². The maximum absolute atomic E-state index is 12.1. The zero-order valence-corrected chi connectivity index (χ0v) is 13.0. The molecular weight excluding hydrogens is 278 g/mol. The van der Waals surface area contributed by atoms with Gasteiger partial charge in [0, 0.05) is 18.7 Å². The fraction of sp³-hybridized carbons (Fsp3) is 0.412. The summed E-state index contributed by atoms with van der Waals surface area (Å²) in [5.74, 6) is 0.969. The Labute approximate surface area is 130 Å². The second-order valence-corrected chi connectivity index (χ2v) is 5.79. The third-order valence-electron chi connectivity index (χ3n) is 3.90. The van der Waals surface area contributed by atoms with Gasteiger partial charge in [-0.3, -0.25) is 9.48 Å². The molecule has 3 rings (SSSR count). The molecule has 0 spiro atoms. The van der Waals surface area contributed by atoms with Gasteiger partial charge in [-0.15, -0.1) is 0 Å². The van der Waals surface area contributed by atoms with Crippen molar-refractivity contribution in [1.29, 1.82) is 0 Å². The molecule has 0 aliphatic carbocycles. The van der Waals surface area contributed by atoms with E-state index in [2.05, 4.69) is 10.4 Å². The van der Waals surface area contributed by atoms with E-state index < -0.39 is 0 Å². The first-order valence-corrected chi connectivity index (χ1v) is 7.63. The van der Waals surface area contributed by atoms with Crippen LogP contribution < -0.4 is 10.1 Å². The van der Waals surface area contributed by atoms with Crippen molar-refractivity contribution in [3.63, 3.8) is 0 Å². The number of aromatic nitrogens is 2. The molecule has 116 valence electrons. The largest absolute Gasteiger partial charge is 0.491 e. The number of fused-ring (bicyclic) bond motifs is 1. The summed E-state index contributed by atoms with van der Waals surface area (Å²) in [6, 6.07) is 10.0. The Hall–Kier alpha value is -2.30. The van der Waals surface area contributed by atoms with Crippen LogP contribution in [0.5, 0.6) is 5.75 Å². The molecule has 0 radical (unpaired) electrons. The molecule has 5 heteroatoms. The molecule has 0 fully saturated rings. The van der Waals surface area contributed by atoms with Crippen LogP contribution in [0.15, 0.2) is 30.3 Å². The van der Waals surface area contributed by atoms with Crippen molar-refractivity contribution in [3.8, 4) is 5.75 Å². The Kier molecular flexibility index (Phi) is 4.13. The van der Waals surface area contributed by atoms with Gasteiger partial charge in [-0.25, -0.2) is 0 Å². The third-order valence-corrected chi connectivity index (χ3v) is 3.90. The minimum Gasteiger partial charge on any atom is -0.491 e. The number of carbonyl (C=O) groups excluding carboxylic acids is 1. The highest BCUT2D eigenvalue weighted by Gasteiger charge is 2.20. The lowest BCUT2D eigenvalue weighted by Crippen LogP contribution is -2.43. The molecule has 1 atom stereocenters. The Bertz CT molecular complexity index is 678.